The summed E-state index contributed by atoms with van der Waals surface area (Å²) in [5.74, 6) is 0.106. The van der Waals surface area contributed by atoms with Gasteiger partial charge in [-0.15, -0.1) is 0 Å². The number of nitrogens with zero attached hydrogens (tertiary/aromatic N) is 2. The summed E-state index contributed by atoms with van der Waals surface area (Å²) in [6.45, 7) is 4.05. The number of hydrogen-bond acceptors (Lipinski definition) is 3. The molecule has 2 aromatic carbocycles. The Morgan fingerprint density at radius 3 is 2.59 bits per heavy atom. The van der Waals surface area contributed by atoms with Gasteiger partial charge in [-0.1, -0.05) is 54.4 Å². The summed E-state index contributed by atoms with van der Waals surface area (Å²) in [6, 6.07) is 16.9. The molecular formula is C22H25N3OS. The SMILES string of the molecule is Cc1ccc(-n2c(S[C@H](C)C(=O)NC3CCCC3)nc3ccccc32)cc1. The molecule has 1 heterocycles. The quantitative estimate of drug-likeness (QED) is 0.643. The first-order valence-electron chi connectivity index (χ1n) is 9.63. The molecule has 0 bridgehead atoms. The third-order valence-electron chi connectivity index (χ3n) is 5.18. The van der Waals surface area contributed by atoms with Crippen LogP contribution < -0.4 is 5.32 Å². The molecule has 27 heavy (non-hydrogen) atoms. The predicted octanol–water partition coefficient (Wildman–Crippen LogP) is 4.87. The second kappa shape index (κ2) is 7.77. The Labute approximate surface area is 164 Å². The number of benzene rings is 2. The summed E-state index contributed by atoms with van der Waals surface area (Å²) < 4.78 is 2.15. The molecule has 1 amide bonds. The van der Waals surface area contributed by atoms with E-state index in [2.05, 4.69) is 47.1 Å². The number of nitrogens with one attached hydrogen (secondary N) is 1. The highest BCUT2D eigenvalue weighted by molar-refractivity contribution is 8.00. The number of hydrogen-bond donors (Lipinski definition) is 1. The molecule has 4 nitrogen and oxygen atoms in total. The topological polar surface area (TPSA) is 46.9 Å². The molecule has 0 radical (unpaired) electrons. The molecule has 0 spiro atoms. The van der Waals surface area contributed by atoms with Crippen LogP contribution in [0, 0.1) is 6.92 Å². The maximum atomic E-state index is 12.6. The van der Waals surface area contributed by atoms with E-state index < -0.39 is 0 Å². The number of carbonyl (C=O) groups excluding carboxylic acids is 1. The molecule has 3 aromatic rings. The maximum absolute atomic E-state index is 12.6. The second-order valence-electron chi connectivity index (χ2n) is 7.30. The minimum absolute atomic E-state index is 0.106. The lowest BCUT2D eigenvalue weighted by Crippen LogP contribution is -2.37. The zero-order valence-electron chi connectivity index (χ0n) is 15.8. The Morgan fingerprint density at radius 1 is 1.15 bits per heavy atom. The lowest BCUT2D eigenvalue weighted by Gasteiger charge is -2.17. The van der Waals surface area contributed by atoms with Crippen molar-refractivity contribution in [3.63, 3.8) is 0 Å². The fourth-order valence-electron chi connectivity index (χ4n) is 3.63. The van der Waals surface area contributed by atoms with E-state index in [0.717, 1.165) is 34.7 Å². The van der Waals surface area contributed by atoms with Gasteiger partial charge in [0.05, 0.1) is 16.3 Å². The summed E-state index contributed by atoms with van der Waals surface area (Å²) in [6.07, 6.45) is 4.64. The van der Waals surface area contributed by atoms with Gasteiger partial charge in [0.2, 0.25) is 5.91 Å². The summed E-state index contributed by atoms with van der Waals surface area (Å²) >= 11 is 1.53. The standard InChI is InChI=1S/C22H25N3OS/c1-15-11-13-18(14-12-15)25-20-10-6-5-9-19(20)24-22(25)27-16(2)21(26)23-17-7-3-4-8-17/h5-6,9-14,16-17H,3-4,7-8H2,1-2H3,(H,23,26)/t16-/m1/s1. The zero-order chi connectivity index (χ0) is 18.8. The van der Waals surface area contributed by atoms with Gasteiger partial charge in [-0.05, 0) is 51.0 Å². The van der Waals surface area contributed by atoms with Gasteiger partial charge in [-0.3, -0.25) is 9.36 Å². The number of thioether (sulfide) groups is 1. The Hall–Kier alpha value is -2.27. The monoisotopic (exact) mass is 379 g/mol. The van der Waals surface area contributed by atoms with E-state index in [9.17, 15) is 4.79 Å². The molecule has 0 unspecified atom stereocenters. The number of carbonyl (C=O) groups is 1. The van der Waals surface area contributed by atoms with Crippen LogP contribution >= 0.6 is 11.8 Å². The van der Waals surface area contributed by atoms with Gasteiger partial charge in [0, 0.05) is 11.7 Å². The average molecular weight is 380 g/mol. The number of para-hydroxylation sites is 2. The van der Waals surface area contributed by atoms with Crippen LogP contribution in [-0.4, -0.2) is 26.8 Å². The van der Waals surface area contributed by atoms with Gasteiger partial charge >= 0.3 is 0 Å². The normalized spacial score (nSPS) is 15.9. The van der Waals surface area contributed by atoms with E-state index in [1.165, 1.54) is 30.2 Å². The first kappa shape index (κ1) is 18.1. The third kappa shape index (κ3) is 3.88. The average Bonchev–Trinajstić information content (AvgIpc) is 3.29. The van der Waals surface area contributed by atoms with Crippen LogP contribution in [0.3, 0.4) is 0 Å². The highest BCUT2D eigenvalue weighted by atomic mass is 32.2. The third-order valence-corrected chi connectivity index (χ3v) is 6.23. The van der Waals surface area contributed by atoms with E-state index in [1.54, 1.807) is 0 Å². The minimum atomic E-state index is -0.188. The lowest BCUT2D eigenvalue weighted by atomic mass is 10.2. The molecule has 140 valence electrons. The van der Waals surface area contributed by atoms with Crippen molar-refractivity contribution in [2.45, 2.75) is 56.0 Å². The number of fused-ring (bicyclic) bond motifs is 1. The molecule has 1 aromatic heterocycles. The molecule has 1 aliphatic carbocycles. The smallest absolute Gasteiger partial charge is 0.233 e. The Kier molecular flexibility index (Phi) is 5.21. The van der Waals surface area contributed by atoms with Gasteiger partial charge in [0.25, 0.3) is 0 Å². The van der Waals surface area contributed by atoms with Crippen LogP contribution in [-0.2, 0) is 4.79 Å². The van der Waals surface area contributed by atoms with Crippen LogP contribution in [0.2, 0.25) is 0 Å². The first-order chi connectivity index (χ1) is 13.1. The van der Waals surface area contributed by atoms with E-state index in [-0.39, 0.29) is 11.2 Å². The van der Waals surface area contributed by atoms with Gasteiger partial charge in [-0.2, -0.15) is 0 Å². The summed E-state index contributed by atoms with van der Waals surface area (Å²) in [4.78, 5) is 17.5. The maximum Gasteiger partial charge on any atom is 0.233 e. The minimum Gasteiger partial charge on any atom is -0.352 e. The van der Waals surface area contributed by atoms with Crippen molar-refractivity contribution >= 4 is 28.7 Å². The van der Waals surface area contributed by atoms with Gasteiger partial charge in [0.15, 0.2) is 5.16 Å². The number of amides is 1. The number of aromatic nitrogens is 2. The Morgan fingerprint density at radius 2 is 1.85 bits per heavy atom. The predicted molar refractivity (Wildman–Crippen MR) is 112 cm³/mol. The second-order valence-corrected chi connectivity index (χ2v) is 8.61. The molecule has 1 atom stereocenters. The molecule has 1 N–H and O–H groups in total. The largest absolute Gasteiger partial charge is 0.352 e. The van der Waals surface area contributed by atoms with E-state index >= 15 is 0 Å². The fraction of sp³-hybridized carbons (Fsp3) is 0.364. The number of aryl methyl sites for hydroxylation is 1. The summed E-state index contributed by atoms with van der Waals surface area (Å²) in [5, 5.41) is 3.87. The molecule has 0 aliphatic heterocycles. The van der Waals surface area contributed by atoms with Crippen molar-refractivity contribution < 1.29 is 4.79 Å². The van der Waals surface area contributed by atoms with Crippen LogP contribution in [0.1, 0.15) is 38.2 Å². The Balaban J connectivity index is 1.63. The van der Waals surface area contributed by atoms with Gasteiger partial charge in [0.1, 0.15) is 0 Å². The van der Waals surface area contributed by atoms with Crippen molar-refractivity contribution in [3.05, 3.63) is 54.1 Å². The van der Waals surface area contributed by atoms with E-state index in [4.69, 9.17) is 4.98 Å². The number of imidazole rings is 1. The van der Waals surface area contributed by atoms with Crippen molar-refractivity contribution in [3.8, 4) is 5.69 Å². The molecule has 1 fully saturated rings. The van der Waals surface area contributed by atoms with Crippen LogP contribution in [0.5, 0.6) is 0 Å². The lowest BCUT2D eigenvalue weighted by molar-refractivity contribution is -0.120. The van der Waals surface area contributed by atoms with Crippen molar-refractivity contribution in [2.75, 3.05) is 0 Å². The zero-order valence-corrected chi connectivity index (χ0v) is 16.6. The van der Waals surface area contributed by atoms with Crippen LogP contribution in [0.4, 0.5) is 0 Å². The molecule has 4 rings (SSSR count). The van der Waals surface area contributed by atoms with E-state index in [0.29, 0.717) is 6.04 Å². The van der Waals surface area contributed by atoms with Crippen LogP contribution in [0.15, 0.2) is 53.7 Å². The fourth-order valence-corrected chi connectivity index (χ4v) is 4.58. The summed E-state index contributed by atoms with van der Waals surface area (Å²) in [5.41, 5.74) is 4.30. The molecule has 0 saturated heterocycles. The molecular weight excluding hydrogens is 354 g/mol. The highest BCUT2D eigenvalue weighted by Gasteiger charge is 2.23. The molecule has 1 saturated carbocycles. The highest BCUT2D eigenvalue weighted by Crippen LogP contribution is 2.31. The van der Waals surface area contributed by atoms with Gasteiger partial charge in [-0.25, -0.2) is 4.98 Å². The van der Waals surface area contributed by atoms with E-state index in [1.807, 2.05) is 25.1 Å². The van der Waals surface area contributed by atoms with Gasteiger partial charge < -0.3 is 5.32 Å². The van der Waals surface area contributed by atoms with Crippen LogP contribution in [0.25, 0.3) is 16.7 Å². The van der Waals surface area contributed by atoms with Crippen molar-refractivity contribution in [2.24, 2.45) is 0 Å². The number of rotatable bonds is 5. The molecule has 5 heteroatoms. The summed E-state index contributed by atoms with van der Waals surface area (Å²) in [7, 11) is 0. The Bertz CT molecular complexity index is 942. The van der Waals surface area contributed by atoms with Crippen molar-refractivity contribution in [1.29, 1.82) is 0 Å². The molecule has 1 aliphatic rings. The van der Waals surface area contributed by atoms with Crippen molar-refractivity contribution in [1.82, 2.24) is 14.9 Å². The first-order valence-corrected chi connectivity index (χ1v) is 10.5.